The van der Waals surface area contributed by atoms with Gasteiger partial charge >= 0.3 is 0 Å². The van der Waals surface area contributed by atoms with Crippen molar-refractivity contribution in [1.82, 2.24) is 14.8 Å². The van der Waals surface area contributed by atoms with Gasteiger partial charge in [-0.1, -0.05) is 23.4 Å². The zero-order valence-corrected chi connectivity index (χ0v) is 15.3. The second kappa shape index (κ2) is 6.78. The van der Waals surface area contributed by atoms with Crippen LogP contribution in [0.2, 0.25) is 5.02 Å². The number of nitrogens with zero attached hydrogens (tertiary/aromatic N) is 4. The summed E-state index contributed by atoms with van der Waals surface area (Å²) < 4.78 is 1.74. The summed E-state index contributed by atoms with van der Waals surface area (Å²) in [6, 6.07) is 10.7. The molecule has 1 amide bonds. The summed E-state index contributed by atoms with van der Waals surface area (Å²) >= 11 is 5.96. The average molecular weight is 378 g/mol. The van der Waals surface area contributed by atoms with Gasteiger partial charge in [0.2, 0.25) is 0 Å². The molecular formula is C20H16ClN5O. The number of hydrogen-bond donors (Lipinski definition) is 1. The number of halogens is 1. The van der Waals surface area contributed by atoms with Crippen LogP contribution in [0.25, 0.3) is 0 Å². The van der Waals surface area contributed by atoms with Crippen molar-refractivity contribution in [1.29, 1.82) is 0 Å². The smallest absolute Gasteiger partial charge is 0.277 e. The van der Waals surface area contributed by atoms with Gasteiger partial charge in [-0.25, -0.2) is 4.98 Å². The number of amides is 1. The van der Waals surface area contributed by atoms with Crippen molar-refractivity contribution in [2.75, 3.05) is 17.2 Å². The summed E-state index contributed by atoms with van der Waals surface area (Å²) in [5.74, 6) is 6.35. The number of benzene rings is 1. The largest absolute Gasteiger partial charge is 0.384 e. The first-order valence-corrected chi connectivity index (χ1v) is 8.79. The second-order valence-electron chi connectivity index (χ2n) is 6.31. The Labute approximate surface area is 161 Å². The number of pyridine rings is 1. The van der Waals surface area contributed by atoms with Crippen molar-refractivity contribution in [3.05, 3.63) is 70.6 Å². The van der Waals surface area contributed by atoms with Crippen LogP contribution in [-0.4, -0.2) is 27.2 Å². The minimum Gasteiger partial charge on any atom is -0.384 e. The third-order valence-corrected chi connectivity index (χ3v) is 4.63. The first kappa shape index (κ1) is 17.1. The van der Waals surface area contributed by atoms with E-state index in [1.54, 1.807) is 46.2 Å². The standard InChI is InChI=1S/C20H16ClN5O/c1-13-12-25(17-7-5-16(21)6-8-17)20(27)19-15(11-24-26(13)19)4-2-14-3-9-18(22)23-10-14/h3,5-11,13H,12H2,1H3,(H2,22,23). The van der Waals surface area contributed by atoms with E-state index in [1.165, 1.54) is 0 Å². The molecule has 6 nitrogen and oxygen atoms in total. The van der Waals surface area contributed by atoms with Crippen molar-refractivity contribution >= 4 is 29.0 Å². The molecule has 1 aliphatic heterocycles. The van der Waals surface area contributed by atoms with Gasteiger partial charge in [-0.3, -0.25) is 9.48 Å². The van der Waals surface area contributed by atoms with Crippen molar-refractivity contribution in [2.24, 2.45) is 0 Å². The molecule has 2 aromatic heterocycles. The number of fused-ring (bicyclic) bond motifs is 1. The molecule has 0 fully saturated rings. The fourth-order valence-corrected chi connectivity index (χ4v) is 3.14. The molecule has 3 aromatic rings. The van der Waals surface area contributed by atoms with Gasteiger partial charge in [0.15, 0.2) is 0 Å². The molecule has 27 heavy (non-hydrogen) atoms. The molecule has 7 heteroatoms. The average Bonchev–Trinajstić information content (AvgIpc) is 3.10. The molecule has 0 aliphatic carbocycles. The molecule has 1 aliphatic rings. The van der Waals surface area contributed by atoms with Gasteiger partial charge in [0.25, 0.3) is 5.91 Å². The monoisotopic (exact) mass is 377 g/mol. The summed E-state index contributed by atoms with van der Waals surface area (Å²) in [4.78, 5) is 18.9. The summed E-state index contributed by atoms with van der Waals surface area (Å²) in [7, 11) is 0. The van der Waals surface area contributed by atoms with Gasteiger partial charge in [0.05, 0.1) is 17.8 Å². The molecule has 0 radical (unpaired) electrons. The maximum Gasteiger partial charge on any atom is 0.277 e. The quantitative estimate of drug-likeness (QED) is 0.661. The number of aromatic nitrogens is 3. The number of rotatable bonds is 1. The number of carbonyl (C=O) groups excluding carboxylic acids is 1. The van der Waals surface area contributed by atoms with Gasteiger partial charge in [-0.05, 0) is 43.3 Å². The minimum absolute atomic E-state index is 0.0297. The first-order chi connectivity index (χ1) is 13.0. The normalized spacial score (nSPS) is 15.9. The van der Waals surface area contributed by atoms with Crippen LogP contribution in [0.3, 0.4) is 0 Å². The summed E-state index contributed by atoms with van der Waals surface area (Å²) in [6.07, 6.45) is 3.23. The van der Waals surface area contributed by atoms with E-state index in [4.69, 9.17) is 17.3 Å². The Hall–Kier alpha value is -3.30. The number of carbonyl (C=O) groups is 1. The highest BCUT2D eigenvalue weighted by Gasteiger charge is 2.32. The van der Waals surface area contributed by atoms with Crippen LogP contribution in [0.4, 0.5) is 11.5 Å². The van der Waals surface area contributed by atoms with E-state index in [2.05, 4.69) is 21.9 Å². The maximum absolute atomic E-state index is 13.1. The van der Waals surface area contributed by atoms with E-state index in [0.29, 0.717) is 28.6 Å². The van der Waals surface area contributed by atoms with Crippen molar-refractivity contribution in [3.63, 3.8) is 0 Å². The van der Waals surface area contributed by atoms with E-state index >= 15 is 0 Å². The molecule has 4 rings (SSSR count). The number of nitrogen functional groups attached to an aromatic ring is 1. The van der Waals surface area contributed by atoms with Crippen LogP contribution in [-0.2, 0) is 0 Å². The van der Waals surface area contributed by atoms with E-state index < -0.39 is 0 Å². The van der Waals surface area contributed by atoms with Crippen LogP contribution in [0.5, 0.6) is 0 Å². The van der Waals surface area contributed by atoms with Crippen LogP contribution in [0.1, 0.15) is 34.6 Å². The van der Waals surface area contributed by atoms with Crippen LogP contribution >= 0.6 is 11.6 Å². The van der Waals surface area contributed by atoms with Gasteiger partial charge in [-0.2, -0.15) is 5.10 Å². The van der Waals surface area contributed by atoms with Crippen LogP contribution in [0, 0.1) is 11.8 Å². The zero-order valence-electron chi connectivity index (χ0n) is 14.6. The Morgan fingerprint density at radius 2 is 1.93 bits per heavy atom. The van der Waals surface area contributed by atoms with Crippen molar-refractivity contribution in [3.8, 4) is 11.8 Å². The molecule has 0 saturated heterocycles. The highest BCUT2D eigenvalue weighted by molar-refractivity contribution is 6.30. The Morgan fingerprint density at radius 3 is 2.63 bits per heavy atom. The molecule has 0 saturated carbocycles. The maximum atomic E-state index is 13.1. The predicted octanol–water partition coefficient (Wildman–Crippen LogP) is 3.13. The molecule has 1 unspecified atom stereocenters. The summed E-state index contributed by atoms with van der Waals surface area (Å²) in [6.45, 7) is 2.55. The Bertz CT molecular complexity index is 1060. The number of anilines is 2. The van der Waals surface area contributed by atoms with Crippen LogP contribution < -0.4 is 10.6 Å². The van der Waals surface area contributed by atoms with Crippen LogP contribution in [0.15, 0.2) is 48.8 Å². The van der Waals surface area contributed by atoms with E-state index in [-0.39, 0.29) is 11.9 Å². The lowest BCUT2D eigenvalue weighted by molar-refractivity contribution is 0.0953. The van der Waals surface area contributed by atoms with Gasteiger partial charge in [0, 0.05) is 29.0 Å². The SMILES string of the molecule is CC1CN(c2ccc(Cl)cc2)C(=O)c2c(C#Cc3ccc(N)nc3)cnn21. The molecule has 2 N–H and O–H groups in total. The topological polar surface area (TPSA) is 77.0 Å². The van der Waals surface area contributed by atoms with E-state index in [0.717, 1.165) is 11.3 Å². The Balaban J connectivity index is 1.71. The Kier molecular flexibility index (Phi) is 4.30. The first-order valence-electron chi connectivity index (χ1n) is 8.41. The predicted molar refractivity (Wildman–Crippen MR) is 105 cm³/mol. The third-order valence-electron chi connectivity index (χ3n) is 4.37. The molecular weight excluding hydrogens is 362 g/mol. The van der Waals surface area contributed by atoms with Gasteiger partial charge in [0.1, 0.15) is 11.5 Å². The molecule has 0 spiro atoms. The lowest BCUT2D eigenvalue weighted by atomic mass is 10.1. The fraction of sp³-hybridized carbons (Fsp3) is 0.150. The lowest BCUT2D eigenvalue weighted by Gasteiger charge is -2.32. The number of nitrogens with two attached hydrogens (primary N) is 1. The van der Waals surface area contributed by atoms with E-state index in [9.17, 15) is 4.79 Å². The second-order valence-corrected chi connectivity index (χ2v) is 6.75. The van der Waals surface area contributed by atoms with Gasteiger partial charge in [-0.15, -0.1) is 0 Å². The summed E-state index contributed by atoms with van der Waals surface area (Å²) in [5, 5.41) is 5.00. The van der Waals surface area contributed by atoms with E-state index in [1.807, 2.05) is 19.1 Å². The molecule has 134 valence electrons. The van der Waals surface area contributed by atoms with Crippen molar-refractivity contribution in [2.45, 2.75) is 13.0 Å². The highest BCUT2D eigenvalue weighted by atomic mass is 35.5. The molecule has 0 bridgehead atoms. The molecule has 1 aromatic carbocycles. The third kappa shape index (κ3) is 3.25. The zero-order chi connectivity index (χ0) is 19.0. The summed E-state index contributed by atoms with van der Waals surface area (Å²) in [5.41, 5.74) is 8.18. The Morgan fingerprint density at radius 1 is 1.15 bits per heavy atom. The van der Waals surface area contributed by atoms with Gasteiger partial charge < -0.3 is 10.6 Å². The van der Waals surface area contributed by atoms with Crippen molar-refractivity contribution < 1.29 is 4.79 Å². The molecule has 3 heterocycles. The fourth-order valence-electron chi connectivity index (χ4n) is 3.02. The lowest BCUT2D eigenvalue weighted by Crippen LogP contribution is -2.42. The number of hydrogen-bond acceptors (Lipinski definition) is 4. The highest BCUT2D eigenvalue weighted by Crippen LogP contribution is 2.28. The minimum atomic E-state index is -0.132. The molecule has 1 atom stereocenters.